The minimum atomic E-state index is -4.30. The lowest BCUT2D eigenvalue weighted by atomic mass is 10.2. The van der Waals surface area contributed by atoms with Crippen molar-refractivity contribution in [1.82, 2.24) is 9.78 Å². The van der Waals surface area contributed by atoms with Crippen LogP contribution in [-0.4, -0.2) is 30.8 Å². The zero-order chi connectivity index (χ0) is 21.9. The van der Waals surface area contributed by atoms with E-state index < -0.39 is 33.1 Å². The summed E-state index contributed by atoms with van der Waals surface area (Å²) in [4.78, 5) is 24.9. The van der Waals surface area contributed by atoms with Crippen molar-refractivity contribution in [2.45, 2.75) is 25.7 Å². The Balaban J connectivity index is 2.10. The molecule has 0 amide bonds. The van der Waals surface area contributed by atoms with Crippen molar-refractivity contribution in [2.75, 3.05) is 6.61 Å². The second-order valence-corrected chi connectivity index (χ2v) is 8.06. The van der Waals surface area contributed by atoms with Crippen molar-refractivity contribution in [3.8, 4) is 11.4 Å². The minimum absolute atomic E-state index is 0.0360. The Morgan fingerprint density at radius 2 is 1.57 bits per heavy atom. The Morgan fingerprint density at radius 3 is 2.13 bits per heavy atom. The van der Waals surface area contributed by atoms with Gasteiger partial charge >= 0.3 is 16.1 Å². The van der Waals surface area contributed by atoms with E-state index in [-0.39, 0.29) is 11.5 Å². The standard InChI is InChI=1S/C21H20N2O6S/c1-4-28-21(25)20-18(29-30(26,27)17-11-7-15(3)8-12-17)13-19(24)23(22-20)16-9-5-14(2)6-10-16/h5-13H,4H2,1-3H3. The zero-order valence-corrected chi connectivity index (χ0v) is 17.5. The quantitative estimate of drug-likeness (QED) is 0.439. The predicted octanol–water partition coefficient (Wildman–Crippen LogP) is 2.79. The molecule has 0 aliphatic carbocycles. The van der Waals surface area contributed by atoms with Gasteiger partial charge in [0.2, 0.25) is 5.69 Å². The van der Waals surface area contributed by atoms with Crippen LogP contribution >= 0.6 is 0 Å². The van der Waals surface area contributed by atoms with Crippen LogP contribution in [0.25, 0.3) is 5.69 Å². The molecule has 3 aromatic rings. The number of carbonyl (C=O) groups is 1. The van der Waals surface area contributed by atoms with Gasteiger partial charge in [0.15, 0.2) is 5.75 Å². The Labute approximate surface area is 173 Å². The number of ether oxygens (including phenoxy) is 1. The van der Waals surface area contributed by atoms with Crippen LogP contribution in [0.2, 0.25) is 0 Å². The highest BCUT2D eigenvalue weighted by Crippen LogP contribution is 2.22. The second-order valence-electron chi connectivity index (χ2n) is 6.51. The fraction of sp³-hybridized carbons (Fsp3) is 0.190. The molecule has 1 heterocycles. The smallest absolute Gasteiger partial charge is 0.362 e. The molecule has 2 aromatic carbocycles. The van der Waals surface area contributed by atoms with Crippen LogP contribution in [0.15, 0.2) is 64.3 Å². The van der Waals surface area contributed by atoms with Gasteiger partial charge in [0, 0.05) is 0 Å². The van der Waals surface area contributed by atoms with Crippen LogP contribution in [-0.2, 0) is 14.9 Å². The highest BCUT2D eigenvalue weighted by molar-refractivity contribution is 7.87. The fourth-order valence-electron chi connectivity index (χ4n) is 2.59. The van der Waals surface area contributed by atoms with Crippen LogP contribution in [0.4, 0.5) is 0 Å². The van der Waals surface area contributed by atoms with E-state index in [1.54, 1.807) is 43.3 Å². The molecule has 0 spiro atoms. The largest absolute Gasteiger partial charge is 0.461 e. The van der Waals surface area contributed by atoms with E-state index in [2.05, 4.69) is 5.10 Å². The van der Waals surface area contributed by atoms with E-state index in [1.165, 1.54) is 12.1 Å². The van der Waals surface area contributed by atoms with Crippen LogP contribution in [0.3, 0.4) is 0 Å². The number of esters is 1. The summed E-state index contributed by atoms with van der Waals surface area (Å²) in [5, 5.41) is 4.02. The first kappa shape index (κ1) is 21.3. The molecular formula is C21H20N2O6S. The molecule has 0 aliphatic heterocycles. The highest BCUT2D eigenvalue weighted by Gasteiger charge is 2.25. The van der Waals surface area contributed by atoms with Gasteiger partial charge in [-0.25, -0.2) is 4.79 Å². The topological polar surface area (TPSA) is 105 Å². The number of benzene rings is 2. The van der Waals surface area contributed by atoms with Gasteiger partial charge in [-0.05, 0) is 45.0 Å². The zero-order valence-electron chi connectivity index (χ0n) is 16.7. The van der Waals surface area contributed by atoms with E-state index in [4.69, 9.17) is 8.92 Å². The molecule has 0 atom stereocenters. The van der Waals surface area contributed by atoms with Gasteiger partial charge in [-0.2, -0.15) is 18.2 Å². The summed E-state index contributed by atoms with van der Waals surface area (Å²) in [6.45, 7) is 5.33. The van der Waals surface area contributed by atoms with Crippen molar-refractivity contribution >= 4 is 16.1 Å². The number of rotatable bonds is 6. The predicted molar refractivity (Wildman–Crippen MR) is 110 cm³/mol. The van der Waals surface area contributed by atoms with E-state index in [9.17, 15) is 18.0 Å². The van der Waals surface area contributed by atoms with Gasteiger partial charge in [0.1, 0.15) is 4.90 Å². The minimum Gasteiger partial charge on any atom is -0.461 e. The third kappa shape index (κ3) is 4.57. The van der Waals surface area contributed by atoms with Gasteiger partial charge in [-0.3, -0.25) is 4.79 Å². The number of carbonyl (C=O) groups excluding carboxylic acids is 1. The van der Waals surface area contributed by atoms with Crippen molar-refractivity contribution in [2.24, 2.45) is 0 Å². The summed E-state index contributed by atoms with van der Waals surface area (Å²) in [6, 6.07) is 13.7. The third-order valence-electron chi connectivity index (χ3n) is 4.15. The number of aromatic nitrogens is 2. The Kier molecular flexibility index (Phi) is 6.02. The molecular weight excluding hydrogens is 408 g/mol. The SMILES string of the molecule is CCOC(=O)c1nn(-c2ccc(C)cc2)c(=O)cc1OS(=O)(=O)c1ccc(C)cc1. The van der Waals surface area contributed by atoms with E-state index >= 15 is 0 Å². The first-order chi connectivity index (χ1) is 14.2. The van der Waals surface area contributed by atoms with Gasteiger partial charge in [0.05, 0.1) is 18.4 Å². The fourth-order valence-corrected chi connectivity index (χ4v) is 3.52. The Hall–Kier alpha value is -3.46. The maximum absolute atomic E-state index is 12.6. The number of nitrogens with zero attached hydrogens (tertiary/aromatic N) is 2. The summed E-state index contributed by atoms with van der Waals surface area (Å²) in [7, 11) is -4.30. The summed E-state index contributed by atoms with van der Waals surface area (Å²) in [5.74, 6) is -1.41. The van der Waals surface area contributed by atoms with Gasteiger partial charge in [-0.1, -0.05) is 35.4 Å². The molecule has 0 unspecified atom stereocenters. The van der Waals surface area contributed by atoms with Crippen LogP contribution in [0, 0.1) is 13.8 Å². The molecule has 30 heavy (non-hydrogen) atoms. The summed E-state index contributed by atoms with van der Waals surface area (Å²) >= 11 is 0. The van der Waals surface area contributed by atoms with Crippen LogP contribution in [0.1, 0.15) is 28.5 Å². The van der Waals surface area contributed by atoms with Crippen molar-refractivity contribution in [3.05, 3.63) is 81.8 Å². The third-order valence-corrected chi connectivity index (χ3v) is 5.40. The summed E-state index contributed by atoms with van der Waals surface area (Å²) < 4.78 is 36.3. The maximum Gasteiger partial charge on any atom is 0.362 e. The molecule has 0 saturated carbocycles. The van der Waals surface area contributed by atoms with E-state index in [0.717, 1.165) is 21.9 Å². The monoisotopic (exact) mass is 428 g/mol. The molecule has 156 valence electrons. The van der Waals surface area contributed by atoms with Gasteiger partial charge < -0.3 is 8.92 Å². The second kappa shape index (κ2) is 8.50. The lowest BCUT2D eigenvalue weighted by Gasteiger charge is -2.12. The lowest BCUT2D eigenvalue weighted by Crippen LogP contribution is -2.26. The van der Waals surface area contributed by atoms with Crippen LogP contribution < -0.4 is 9.74 Å². The number of hydrogen-bond donors (Lipinski definition) is 0. The molecule has 9 heteroatoms. The molecule has 1 aromatic heterocycles. The van der Waals surface area contributed by atoms with Crippen molar-refractivity contribution < 1.29 is 22.1 Å². The first-order valence-electron chi connectivity index (χ1n) is 9.11. The molecule has 0 N–H and O–H groups in total. The molecule has 0 aliphatic rings. The normalized spacial score (nSPS) is 11.2. The molecule has 0 radical (unpaired) electrons. The summed E-state index contributed by atoms with van der Waals surface area (Å²) in [5.41, 5.74) is 1.16. The Morgan fingerprint density at radius 1 is 1.00 bits per heavy atom. The van der Waals surface area contributed by atoms with Gasteiger partial charge in [0.25, 0.3) is 5.56 Å². The van der Waals surface area contributed by atoms with E-state index in [0.29, 0.717) is 5.69 Å². The summed E-state index contributed by atoms with van der Waals surface area (Å²) in [6.07, 6.45) is 0. The number of aryl methyl sites for hydroxylation is 2. The average Bonchev–Trinajstić information content (AvgIpc) is 2.69. The average molecular weight is 428 g/mol. The highest BCUT2D eigenvalue weighted by atomic mass is 32.2. The number of hydrogen-bond acceptors (Lipinski definition) is 7. The van der Waals surface area contributed by atoms with E-state index in [1.807, 2.05) is 13.8 Å². The van der Waals surface area contributed by atoms with Crippen molar-refractivity contribution in [1.29, 1.82) is 0 Å². The van der Waals surface area contributed by atoms with Crippen molar-refractivity contribution in [3.63, 3.8) is 0 Å². The lowest BCUT2D eigenvalue weighted by molar-refractivity contribution is 0.0515. The molecule has 3 rings (SSSR count). The molecule has 0 saturated heterocycles. The first-order valence-corrected chi connectivity index (χ1v) is 10.5. The molecule has 8 nitrogen and oxygen atoms in total. The molecule has 0 fully saturated rings. The Bertz CT molecular complexity index is 1230. The molecule has 0 bridgehead atoms. The van der Waals surface area contributed by atoms with Gasteiger partial charge in [-0.15, -0.1) is 0 Å². The maximum atomic E-state index is 12.6. The van der Waals surface area contributed by atoms with Crippen LogP contribution in [0.5, 0.6) is 5.75 Å².